The molecular weight excluding hydrogens is 265 g/mol. The van der Waals surface area contributed by atoms with Gasteiger partial charge in [-0.25, -0.2) is 4.39 Å². The van der Waals surface area contributed by atoms with Crippen molar-refractivity contribution in [2.24, 2.45) is 0 Å². The third-order valence-corrected chi connectivity index (χ3v) is 2.65. The van der Waals surface area contributed by atoms with Crippen molar-refractivity contribution in [1.29, 1.82) is 0 Å². The molecule has 0 aliphatic carbocycles. The van der Waals surface area contributed by atoms with E-state index in [9.17, 15) is 4.39 Å². The van der Waals surface area contributed by atoms with Crippen LogP contribution in [-0.4, -0.2) is 37.1 Å². The van der Waals surface area contributed by atoms with E-state index in [0.29, 0.717) is 37.6 Å². The zero-order valence-electron chi connectivity index (χ0n) is 11.1. The lowest BCUT2D eigenvalue weighted by molar-refractivity contribution is 0.0714. The van der Waals surface area contributed by atoms with Gasteiger partial charge in [0.15, 0.2) is 5.82 Å². The van der Waals surface area contributed by atoms with Crippen molar-refractivity contribution in [3.8, 4) is 11.5 Å². The maximum atomic E-state index is 13.3. The van der Waals surface area contributed by atoms with Gasteiger partial charge in [0.05, 0.1) is 31.1 Å². The topological polar surface area (TPSA) is 83.4 Å². The highest BCUT2D eigenvalue weighted by molar-refractivity contribution is 5.70. The summed E-state index contributed by atoms with van der Waals surface area (Å²) >= 11 is 0. The Morgan fingerprint density at radius 3 is 2.95 bits per heavy atom. The van der Waals surface area contributed by atoms with Crippen LogP contribution in [-0.2, 0) is 15.9 Å². The Morgan fingerprint density at radius 2 is 2.15 bits per heavy atom. The molecule has 0 saturated heterocycles. The van der Waals surface area contributed by atoms with Gasteiger partial charge >= 0.3 is 0 Å². The molecule has 0 aliphatic rings. The summed E-state index contributed by atoms with van der Waals surface area (Å²) < 4.78 is 28.6. The fraction of sp³-hybridized carbons (Fsp3) is 0.385. The first kappa shape index (κ1) is 14.4. The quantitative estimate of drug-likeness (QED) is 0.614. The molecular formula is C13H16FN3O3. The van der Waals surface area contributed by atoms with Crippen molar-refractivity contribution >= 4 is 5.69 Å². The van der Waals surface area contributed by atoms with Crippen molar-refractivity contribution in [3.05, 3.63) is 29.8 Å². The highest BCUT2D eigenvalue weighted by atomic mass is 19.1. The number of nitrogens with zero attached hydrogens (tertiary/aromatic N) is 2. The maximum absolute atomic E-state index is 13.3. The molecule has 1 heterocycles. The molecule has 108 valence electrons. The highest BCUT2D eigenvalue weighted by Gasteiger charge is 2.13. The van der Waals surface area contributed by atoms with Crippen LogP contribution in [0.3, 0.4) is 0 Å². The van der Waals surface area contributed by atoms with Gasteiger partial charge in [0.1, 0.15) is 5.82 Å². The monoisotopic (exact) mass is 281 g/mol. The molecule has 0 aliphatic heterocycles. The summed E-state index contributed by atoms with van der Waals surface area (Å²) in [7, 11) is 1.61. The lowest BCUT2D eigenvalue weighted by atomic mass is 10.2. The van der Waals surface area contributed by atoms with Gasteiger partial charge in [0, 0.05) is 13.5 Å². The second kappa shape index (κ2) is 6.97. The molecule has 20 heavy (non-hydrogen) atoms. The molecule has 0 fully saturated rings. The Kier molecular flexibility index (Phi) is 5.03. The predicted octanol–water partition coefficient (Wildman–Crippen LogP) is 1.66. The zero-order valence-corrected chi connectivity index (χ0v) is 11.1. The summed E-state index contributed by atoms with van der Waals surface area (Å²) in [6, 6.07) is 4.45. The van der Waals surface area contributed by atoms with Crippen LogP contribution in [0.2, 0.25) is 0 Å². The first-order valence-electron chi connectivity index (χ1n) is 6.16. The van der Waals surface area contributed by atoms with E-state index in [1.165, 1.54) is 6.07 Å². The van der Waals surface area contributed by atoms with E-state index in [-0.39, 0.29) is 11.6 Å². The largest absolute Gasteiger partial charge is 0.396 e. The van der Waals surface area contributed by atoms with E-state index in [4.69, 9.17) is 19.7 Å². The number of ether oxygens (including phenoxy) is 2. The number of rotatable bonds is 7. The molecule has 0 atom stereocenters. The maximum Gasteiger partial charge on any atom is 0.260 e. The van der Waals surface area contributed by atoms with Gasteiger partial charge in [0.2, 0.25) is 0 Å². The van der Waals surface area contributed by atoms with Crippen LogP contribution in [0.15, 0.2) is 22.7 Å². The summed E-state index contributed by atoms with van der Waals surface area (Å²) in [6.07, 6.45) is 0.502. The molecule has 1 aromatic heterocycles. The fourth-order valence-corrected chi connectivity index (χ4v) is 1.60. The Morgan fingerprint density at radius 1 is 1.30 bits per heavy atom. The molecule has 0 radical (unpaired) electrons. The summed E-state index contributed by atoms with van der Waals surface area (Å²) in [5.74, 6) is 0.181. The number of anilines is 1. The van der Waals surface area contributed by atoms with Crippen LogP contribution >= 0.6 is 0 Å². The van der Waals surface area contributed by atoms with E-state index in [0.717, 1.165) is 0 Å². The van der Waals surface area contributed by atoms with Crippen LogP contribution in [0.1, 0.15) is 5.82 Å². The number of nitrogen functional groups attached to an aromatic ring is 1. The Hall–Kier alpha value is -1.99. The third-order valence-electron chi connectivity index (χ3n) is 2.65. The Balaban J connectivity index is 1.97. The number of para-hydroxylation sites is 1. The third kappa shape index (κ3) is 3.52. The van der Waals surface area contributed by atoms with E-state index >= 15 is 0 Å². The minimum atomic E-state index is -0.509. The molecule has 0 unspecified atom stereocenters. The summed E-state index contributed by atoms with van der Waals surface area (Å²) in [5, 5.41) is 3.81. The zero-order chi connectivity index (χ0) is 14.4. The van der Waals surface area contributed by atoms with E-state index in [2.05, 4.69) is 10.1 Å². The van der Waals surface area contributed by atoms with Crippen molar-refractivity contribution in [3.63, 3.8) is 0 Å². The van der Waals surface area contributed by atoms with Crippen molar-refractivity contribution in [2.45, 2.75) is 6.42 Å². The minimum absolute atomic E-state index is 0.000885. The van der Waals surface area contributed by atoms with Crippen LogP contribution in [0.4, 0.5) is 10.1 Å². The van der Waals surface area contributed by atoms with E-state index < -0.39 is 5.82 Å². The van der Waals surface area contributed by atoms with Crippen LogP contribution in [0.25, 0.3) is 11.5 Å². The van der Waals surface area contributed by atoms with Gasteiger partial charge in [-0.1, -0.05) is 11.2 Å². The smallest absolute Gasteiger partial charge is 0.260 e. The number of halogens is 1. The first-order valence-corrected chi connectivity index (χ1v) is 6.16. The molecule has 6 nitrogen and oxygen atoms in total. The van der Waals surface area contributed by atoms with Crippen molar-refractivity contribution in [2.75, 3.05) is 32.7 Å². The summed E-state index contributed by atoms with van der Waals surface area (Å²) in [4.78, 5) is 4.16. The van der Waals surface area contributed by atoms with Gasteiger partial charge in [-0.3, -0.25) is 0 Å². The number of aromatic nitrogens is 2. The predicted molar refractivity (Wildman–Crippen MR) is 70.5 cm³/mol. The Bertz CT molecular complexity index is 560. The standard InChI is InChI=1S/C13H16FN3O3/c1-18-7-8-19-6-5-11-16-13(20-17-11)9-3-2-4-10(14)12(9)15/h2-4H,5-8,15H2,1H3. The van der Waals surface area contributed by atoms with Gasteiger partial charge in [-0.15, -0.1) is 0 Å². The number of hydrogen-bond donors (Lipinski definition) is 1. The summed E-state index contributed by atoms with van der Waals surface area (Å²) in [6.45, 7) is 1.51. The molecule has 0 saturated carbocycles. The van der Waals surface area contributed by atoms with Gasteiger partial charge < -0.3 is 19.7 Å². The second-order valence-electron chi connectivity index (χ2n) is 4.07. The average Bonchev–Trinajstić information content (AvgIpc) is 2.90. The number of hydrogen-bond acceptors (Lipinski definition) is 6. The number of methoxy groups -OCH3 is 1. The fourth-order valence-electron chi connectivity index (χ4n) is 1.60. The summed E-state index contributed by atoms with van der Waals surface area (Å²) in [5.41, 5.74) is 6.03. The SMILES string of the molecule is COCCOCCc1noc(-c2cccc(F)c2N)n1. The molecule has 1 aromatic carbocycles. The molecule has 2 aromatic rings. The molecule has 0 bridgehead atoms. The normalized spacial score (nSPS) is 10.9. The van der Waals surface area contributed by atoms with E-state index in [1.807, 2.05) is 0 Å². The van der Waals surface area contributed by atoms with Gasteiger partial charge in [-0.05, 0) is 12.1 Å². The Labute approximate surface area is 115 Å². The molecule has 2 rings (SSSR count). The lowest BCUT2D eigenvalue weighted by Gasteiger charge is -2.01. The number of benzene rings is 1. The highest BCUT2D eigenvalue weighted by Crippen LogP contribution is 2.26. The van der Waals surface area contributed by atoms with Gasteiger partial charge in [-0.2, -0.15) is 4.98 Å². The second-order valence-corrected chi connectivity index (χ2v) is 4.07. The molecule has 7 heteroatoms. The first-order chi connectivity index (χ1) is 9.72. The molecule has 0 amide bonds. The van der Waals surface area contributed by atoms with Crippen molar-refractivity contribution < 1.29 is 18.4 Å². The van der Waals surface area contributed by atoms with Crippen molar-refractivity contribution in [1.82, 2.24) is 10.1 Å². The molecule has 2 N–H and O–H groups in total. The van der Waals surface area contributed by atoms with Crippen LogP contribution < -0.4 is 5.73 Å². The number of nitrogens with two attached hydrogens (primary N) is 1. The van der Waals surface area contributed by atoms with E-state index in [1.54, 1.807) is 19.2 Å². The molecule has 0 spiro atoms. The lowest BCUT2D eigenvalue weighted by Crippen LogP contribution is -2.05. The average molecular weight is 281 g/mol. The van der Waals surface area contributed by atoms with Gasteiger partial charge in [0.25, 0.3) is 5.89 Å². The minimum Gasteiger partial charge on any atom is -0.396 e. The van der Waals surface area contributed by atoms with Crippen LogP contribution in [0.5, 0.6) is 0 Å². The van der Waals surface area contributed by atoms with Crippen LogP contribution in [0, 0.1) is 5.82 Å².